The average molecular weight is 234 g/mol. The molecule has 1 heterocycles. The van der Waals surface area contributed by atoms with Crippen LogP contribution in [0.1, 0.15) is 38.2 Å². The van der Waals surface area contributed by atoms with Crippen LogP contribution in [0.4, 0.5) is 5.82 Å². The van der Waals surface area contributed by atoms with Crippen molar-refractivity contribution in [2.75, 3.05) is 12.0 Å². The highest BCUT2D eigenvalue weighted by Gasteiger charge is 2.21. The number of nitrogens with two attached hydrogens (primary N) is 1. The van der Waals surface area contributed by atoms with E-state index in [4.69, 9.17) is 5.84 Å². The number of anilines is 1. The molecule has 1 aromatic heterocycles. The first-order valence-electron chi connectivity index (χ1n) is 6.49. The monoisotopic (exact) mass is 234 g/mol. The fourth-order valence-electron chi connectivity index (χ4n) is 2.61. The quantitative estimate of drug-likeness (QED) is 0.605. The molecule has 17 heavy (non-hydrogen) atoms. The van der Waals surface area contributed by atoms with Crippen molar-refractivity contribution >= 4 is 5.82 Å². The summed E-state index contributed by atoms with van der Waals surface area (Å²) in [4.78, 5) is 6.80. The highest BCUT2D eigenvalue weighted by atomic mass is 15.2. The maximum Gasteiger partial charge on any atom is 0.139 e. The van der Waals surface area contributed by atoms with Crippen LogP contribution >= 0.6 is 0 Å². The van der Waals surface area contributed by atoms with Crippen LogP contribution in [-0.4, -0.2) is 22.5 Å². The van der Waals surface area contributed by atoms with E-state index in [1.54, 1.807) is 0 Å². The Morgan fingerprint density at radius 2 is 2.18 bits per heavy atom. The smallest absolute Gasteiger partial charge is 0.139 e. The molecule has 0 atom stereocenters. The third-order valence-corrected chi connectivity index (χ3v) is 3.61. The van der Waals surface area contributed by atoms with E-state index in [1.807, 2.05) is 12.3 Å². The van der Waals surface area contributed by atoms with Crippen LogP contribution < -0.4 is 11.3 Å². The SMILES string of the molecule is CCN(Cc1ccc(NN)nc1)C1CCCC1. The van der Waals surface area contributed by atoms with Crippen LogP contribution in [0, 0.1) is 0 Å². The third-order valence-electron chi connectivity index (χ3n) is 3.61. The summed E-state index contributed by atoms with van der Waals surface area (Å²) in [7, 11) is 0. The summed E-state index contributed by atoms with van der Waals surface area (Å²) in [5, 5.41) is 0. The molecule has 1 aliphatic rings. The largest absolute Gasteiger partial charge is 0.308 e. The molecule has 1 aromatic rings. The van der Waals surface area contributed by atoms with Gasteiger partial charge in [-0.1, -0.05) is 25.8 Å². The minimum absolute atomic E-state index is 0.720. The first-order valence-corrected chi connectivity index (χ1v) is 6.49. The van der Waals surface area contributed by atoms with Gasteiger partial charge in [0.05, 0.1) is 0 Å². The molecule has 0 saturated heterocycles. The van der Waals surface area contributed by atoms with Gasteiger partial charge < -0.3 is 5.43 Å². The van der Waals surface area contributed by atoms with Crippen molar-refractivity contribution in [1.82, 2.24) is 9.88 Å². The van der Waals surface area contributed by atoms with Crippen molar-refractivity contribution in [3.8, 4) is 0 Å². The average Bonchev–Trinajstić information content (AvgIpc) is 2.90. The maximum absolute atomic E-state index is 5.30. The highest BCUT2D eigenvalue weighted by molar-refractivity contribution is 5.33. The molecule has 1 aliphatic carbocycles. The number of rotatable bonds is 5. The fourth-order valence-corrected chi connectivity index (χ4v) is 2.61. The molecule has 4 nitrogen and oxygen atoms in total. The molecule has 0 amide bonds. The number of aromatic nitrogens is 1. The first kappa shape index (κ1) is 12.3. The Labute approximate surface area is 103 Å². The number of nitrogens with one attached hydrogen (secondary N) is 1. The molecule has 0 bridgehead atoms. The molecule has 0 spiro atoms. The number of hydrogen-bond acceptors (Lipinski definition) is 4. The number of hydrogen-bond donors (Lipinski definition) is 2. The second-order valence-electron chi connectivity index (χ2n) is 4.70. The molecule has 1 saturated carbocycles. The highest BCUT2D eigenvalue weighted by Crippen LogP contribution is 2.24. The number of nitrogens with zero attached hydrogens (tertiary/aromatic N) is 2. The van der Waals surface area contributed by atoms with Gasteiger partial charge >= 0.3 is 0 Å². The van der Waals surface area contributed by atoms with Crippen LogP contribution in [0.5, 0.6) is 0 Å². The Hall–Kier alpha value is -1.13. The van der Waals surface area contributed by atoms with E-state index in [0.717, 1.165) is 24.9 Å². The van der Waals surface area contributed by atoms with Crippen LogP contribution in [-0.2, 0) is 6.54 Å². The standard InChI is InChI=1S/C13H22N4/c1-2-17(12-5-3-4-6-12)10-11-7-8-13(16-14)15-9-11/h7-9,12H,2-6,10,14H2,1H3,(H,15,16). The summed E-state index contributed by atoms with van der Waals surface area (Å²) in [5.74, 6) is 6.02. The van der Waals surface area contributed by atoms with Crippen LogP contribution in [0.2, 0.25) is 0 Å². The van der Waals surface area contributed by atoms with Crippen molar-refractivity contribution in [1.29, 1.82) is 0 Å². The zero-order valence-corrected chi connectivity index (χ0v) is 10.5. The van der Waals surface area contributed by atoms with E-state index in [1.165, 1.54) is 31.2 Å². The number of hydrazine groups is 1. The van der Waals surface area contributed by atoms with Gasteiger partial charge in [-0.2, -0.15) is 0 Å². The van der Waals surface area contributed by atoms with Crippen molar-refractivity contribution < 1.29 is 0 Å². The summed E-state index contributed by atoms with van der Waals surface area (Å²) >= 11 is 0. The lowest BCUT2D eigenvalue weighted by Crippen LogP contribution is -2.32. The number of nitrogen functional groups attached to an aromatic ring is 1. The lowest BCUT2D eigenvalue weighted by Gasteiger charge is -2.27. The molecule has 2 rings (SSSR count). The van der Waals surface area contributed by atoms with Gasteiger partial charge in [-0.25, -0.2) is 10.8 Å². The topological polar surface area (TPSA) is 54.2 Å². The molecule has 94 valence electrons. The molecule has 0 radical (unpaired) electrons. The Morgan fingerprint density at radius 3 is 2.71 bits per heavy atom. The molecular formula is C13H22N4. The van der Waals surface area contributed by atoms with Gasteiger partial charge in [-0.15, -0.1) is 0 Å². The zero-order valence-electron chi connectivity index (χ0n) is 10.5. The minimum atomic E-state index is 0.720. The van der Waals surface area contributed by atoms with Crippen LogP contribution in [0.15, 0.2) is 18.3 Å². The van der Waals surface area contributed by atoms with E-state index < -0.39 is 0 Å². The normalized spacial score (nSPS) is 16.6. The van der Waals surface area contributed by atoms with E-state index in [-0.39, 0.29) is 0 Å². The van der Waals surface area contributed by atoms with E-state index >= 15 is 0 Å². The second kappa shape index (κ2) is 5.98. The number of pyridine rings is 1. The van der Waals surface area contributed by atoms with Crippen molar-refractivity contribution in [2.24, 2.45) is 5.84 Å². The van der Waals surface area contributed by atoms with E-state index in [2.05, 4.69) is 28.3 Å². The summed E-state index contributed by atoms with van der Waals surface area (Å²) in [6.45, 7) is 4.35. The van der Waals surface area contributed by atoms with Crippen molar-refractivity contribution in [2.45, 2.75) is 45.2 Å². The van der Waals surface area contributed by atoms with Gasteiger partial charge in [0.1, 0.15) is 5.82 Å². The van der Waals surface area contributed by atoms with E-state index in [9.17, 15) is 0 Å². The predicted octanol–water partition coefficient (Wildman–Crippen LogP) is 2.13. The second-order valence-corrected chi connectivity index (χ2v) is 4.70. The summed E-state index contributed by atoms with van der Waals surface area (Å²) < 4.78 is 0. The van der Waals surface area contributed by atoms with Gasteiger partial charge in [0.15, 0.2) is 0 Å². The van der Waals surface area contributed by atoms with Crippen LogP contribution in [0.25, 0.3) is 0 Å². The molecule has 0 aromatic carbocycles. The van der Waals surface area contributed by atoms with Gasteiger partial charge in [0.25, 0.3) is 0 Å². The van der Waals surface area contributed by atoms with Gasteiger partial charge in [-0.3, -0.25) is 4.90 Å². The minimum Gasteiger partial charge on any atom is -0.308 e. The predicted molar refractivity (Wildman–Crippen MR) is 70.4 cm³/mol. The molecule has 1 fully saturated rings. The molecule has 0 aliphatic heterocycles. The third kappa shape index (κ3) is 3.17. The summed E-state index contributed by atoms with van der Waals surface area (Å²) in [6.07, 6.45) is 7.38. The van der Waals surface area contributed by atoms with Crippen molar-refractivity contribution in [3.63, 3.8) is 0 Å². The van der Waals surface area contributed by atoms with E-state index in [0.29, 0.717) is 0 Å². The van der Waals surface area contributed by atoms with Crippen molar-refractivity contribution in [3.05, 3.63) is 23.9 Å². The summed E-state index contributed by atoms with van der Waals surface area (Å²) in [6, 6.07) is 4.80. The Morgan fingerprint density at radius 1 is 1.41 bits per heavy atom. The molecule has 0 unspecified atom stereocenters. The molecular weight excluding hydrogens is 212 g/mol. The Bertz CT molecular complexity index is 330. The van der Waals surface area contributed by atoms with Gasteiger partial charge in [0.2, 0.25) is 0 Å². The van der Waals surface area contributed by atoms with Gasteiger partial charge in [0, 0.05) is 18.8 Å². The molecule has 3 N–H and O–H groups in total. The van der Waals surface area contributed by atoms with Crippen LogP contribution in [0.3, 0.4) is 0 Å². The summed E-state index contributed by atoms with van der Waals surface area (Å²) in [5.41, 5.74) is 3.81. The zero-order chi connectivity index (χ0) is 12.1. The lowest BCUT2D eigenvalue weighted by molar-refractivity contribution is 0.200. The Balaban J connectivity index is 1.96. The molecule has 4 heteroatoms. The van der Waals surface area contributed by atoms with Gasteiger partial charge in [-0.05, 0) is 31.0 Å². The fraction of sp³-hybridized carbons (Fsp3) is 0.615. The first-order chi connectivity index (χ1) is 8.33. The Kier molecular flexibility index (Phi) is 4.34. The maximum atomic E-state index is 5.30. The lowest BCUT2D eigenvalue weighted by atomic mass is 10.2.